The number of benzene rings is 2. The highest BCUT2D eigenvalue weighted by Crippen LogP contribution is 2.42. The van der Waals surface area contributed by atoms with E-state index in [0.717, 1.165) is 10.9 Å². The smallest absolute Gasteiger partial charge is 0.268 e. The number of para-hydroxylation sites is 1. The summed E-state index contributed by atoms with van der Waals surface area (Å²) in [7, 11) is 1.77. The number of carbonyl (C=O) groups is 2. The van der Waals surface area contributed by atoms with E-state index in [1.165, 1.54) is 4.90 Å². The van der Waals surface area contributed by atoms with Crippen LogP contribution in [0.4, 0.5) is 5.69 Å². The van der Waals surface area contributed by atoms with Gasteiger partial charge in [-0.25, -0.2) is 14.6 Å². The number of aromatic amines is 1. The molecule has 2 amide bonds. The lowest BCUT2D eigenvalue weighted by Crippen LogP contribution is -2.31. The maximum absolute atomic E-state index is 14.1. The van der Waals surface area contributed by atoms with Crippen LogP contribution in [0.2, 0.25) is 5.02 Å². The normalized spacial score (nSPS) is 14.2. The first kappa shape index (κ1) is 21.5. The SMILES string of the molecule is Cn1nc(C2=C(c3c[nH]c4cc(Cl)ccc34)C(=O)N(c3ccccc3)C2=O)c2cc3ncccc3nc21. The summed E-state index contributed by atoms with van der Waals surface area (Å²) in [4.78, 5) is 41.6. The topological polar surface area (TPSA) is 96.8 Å². The summed E-state index contributed by atoms with van der Waals surface area (Å²) in [5, 5.41) is 6.68. The van der Waals surface area contributed by atoms with Gasteiger partial charge in [-0.3, -0.25) is 14.6 Å². The van der Waals surface area contributed by atoms with Crippen molar-refractivity contribution in [3.8, 4) is 0 Å². The molecule has 0 spiro atoms. The molecule has 7 rings (SSSR count). The van der Waals surface area contributed by atoms with Crippen LogP contribution in [-0.4, -0.2) is 36.5 Å². The van der Waals surface area contributed by atoms with E-state index in [1.54, 1.807) is 60.5 Å². The zero-order valence-corrected chi connectivity index (χ0v) is 20.2. The van der Waals surface area contributed by atoms with E-state index in [4.69, 9.17) is 21.7 Å². The number of amides is 2. The van der Waals surface area contributed by atoms with Gasteiger partial charge in [-0.15, -0.1) is 0 Å². The van der Waals surface area contributed by atoms with Crippen LogP contribution in [-0.2, 0) is 16.6 Å². The highest BCUT2D eigenvalue weighted by molar-refractivity contribution is 6.58. The van der Waals surface area contributed by atoms with Gasteiger partial charge < -0.3 is 4.98 Å². The molecule has 0 saturated carbocycles. The maximum atomic E-state index is 14.1. The lowest BCUT2D eigenvalue weighted by atomic mass is 9.98. The summed E-state index contributed by atoms with van der Waals surface area (Å²) >= 11 is 6.20. The Bertz CT molecular complexity index is 1950. The predicted molar refractivity (Wildman–Crippen MR) is 143 cm³/mol. The standard InChI is InChI=1S/C28H17ClN6O2/c1-34-26-18(13-22-20(32-26)8-5-11-30-22)25(33-34)24-23(19-14-31-21-12-15(29)9-10-17(19)21)27(36)35(28(24)37)16-6-3-2-4-7-16/h2-14,31H,1H3. The van der Waals surface area contributed by atoms with Gasteiger partial charge in [0.25, 0.3) is 11.8 Å². The zero-order chi connectivity index (χ0) is 25.3. The largest absolute Gasteiger partial charge is 0.360 e. The summed E-state index contributed by atoms with van der Waals surface area (Å²) in [6, 6.07) is 19.8. The van der Waals surface area contributed by atoms with Crippen LogP contribution in [0, 0.1) is 0 Å². The van der Waals surface area contributed by atoms with Crippen LogP contribution in [0.5, 0.6) is 0 Å². The van der Waals surface area contributed by atoms with Crippen LogP contribution in [0.3, 0.4) is 0 Å². The Labute approximate surface area is 214 Å². The second-order valence-corrected chi connectivity index (χ2v) is 9.23. The fourth-order valence-electron chi connectivity index (χ4n) is 4.96. The fraction of sp³-hybridized carbons (Fsp3) is 0.0357. The number of anilines is 1. The first-order valence-corrected chi connectivity index (χ1v) is 11.9. The molecule has 4 aromatic heterocycles. The Morgan fingerprint density at radius 3 is 2.51 bits per heavy atom. The molecule has 0 atom stereocenters. The number of pyridine rings is 2. The third kappa shape index (κ3) is 3.12. The van der Waals surface area contributed by atoms with E-state index in [-0.39, 0.29) is 11.1 Å². The van der Waals surface area contributed by atoms with Gasteiger partial charge in [0, 0.05) is 46.3 Å². The maximum Gasteiger partial charge on any atom is 0.268 e. The van der Waals surface area contributed by atoms with Gasteiger partial charge in [0.05, 0.1) is 27.9 Å². The summed E-state index contributed by atoms with van der Waals surface area (Å²) in [5.41, 5.74) is 4.69. The van der Waals surface area contributed by atoms with E-state index in [2.05, 4.69) is 9.97 Å². The van der Waals surface area contributed by atoms with Crippen molar-refractivity contribution < 1.29 is 9.59 Å². The van der Waals surface area contributed by atoms with Crippen LogP contribution in [0.25, 0.3) is 44.1 Å². The van der Waals surface area contributed by atoms with Gasteiger partial charge in [-0.05, 0) is 42.5 Å². The fourth-order valence-corrected chi connectivity index (χ4v) is 5.14. The number of aromatic nitrogens is 5. The molecule has 2 aromatic carbocycles. The van der Waals surface area contributed by atoms with Crippen molar-refractivity contribution in [2.75, 3.05) is 4.90 Å². The van der Waals surface area contributed by atoms with Crippen molar-refractivity contribution in [3.05, 3.63) is 95.4 Å². The molecule has 1 aliphatic heterocycles. The zero-order valence-electron chi connectivity index (χ0n) is 19.4. The number of hydrogen-bond acceptors (Lipinski definition) is 5. The van der Waals surface area contributed by atoms with Crippen molar-refractivity contribution in [1.29, 1.82) is 0 Å². The van der Waals surface area contributed by atoms with Crippen molar-refractivity contribution in [3.63, 3.8) is 0 Å². The number of aryl methyl sites for hydroxylation is 1. The van der Waals surface area contributed by atoms with E-state index in [9.17, 15) is 9.59 Å². The quantitative estimate of drug-likeness (QED) is 0.337. The molecule has 9 heteroatoms. The third-order valence-electron chi connectivity index (χ3n) is 6.62. The Kier molecular flexibility index (Phi) is 4.55. The van der Waals surface area contributed by atoms with Gasteiger partial charge in [0.15, 0.2) is 5.65 Å². The summed E-state index contributed by atoms with van der Waals surface area (Å²) in [5.74, 6) is -0.872. The third-order valence-corrected chi connectivity index (χ3v) is 6.86. The predicted octanol–water partition coefficient (Wildman–Crippen LogP) is 5.14. The molecule has 1 N–H and O–H groups in total. The number of halogens is 1. The van der Waals surface area contributed by atoms with Crippen molar-refractivity contribution in [2.24, 2.45) is 7.05 Å². The number of rotatable bonds is 3. The molecule has 5 heterocycles. The molecule has 6 aromatic rings. The minimum atomic E-state index is -0.448. The van der Waals surface area contributed by atoms with Gasteiger partial charge in [-0.1, -0.05) is 35.9 Å². The molecule has 0 unspecified atom stereocenters. The van der Waals surface area contributed by atoms with Crippen LogP contribution < -0.4 is 4.90 Å². The van der Waals surface area contributed by atoms with Crippen LogP contribution >= 0.6 is 11.6 Å². The average Bonchev–Trinajstić information content (AvgIpc) is 3.54. The molecule has 0 fully saturated rings. The Morgan fingerprint density at radius 2 is 1.68 bits per heavy atom. The Morgan fingerprint density at radius 1 is 0.865 bits per heavy atom. The second kappa shape index (κ2) is 7.84. The van der Waals surface area contributed by atoms with E-state index in [1.807, 2.05) is 30.3 Å². The summed E-state index contributed by atoms with van der Waals surface area (Å²) in [6.45, 7) is 0. The molecule has 0 bridgehead atoms. The lowest BCUT2D eigenvalue weighted by molar-refractivity contribution is -0.119. The van der Waals surface area contributed by atoms with Gasteiger partial charge >= 0.3 is 0 Å². The van der Waals surface area contributed by atoms with Gasteiger partial charge in [0.1, 0.15) is 5.69 Å². The molecule has 0 saturated heterocycles. The summed E-state index contributed by atoms with van der Waals surface area (Å²) in [6.07, 6.45) is 3.42. The van der Waals surface area contributed by atoms with Gasteiger partial charge in [0.2, 0.25) is 0 Å². The minimum Gasteiger partial charge on any atom is -0.360 e. The van der Waals surface area contributed by atoms with Crippen molar-refractivity contribution >= 4 is 73.2 Å². The second-order valence-electron chi connectivity index (χ2n) is 8.80. The number of fused-ring (bicyclic) bond motifs is 3. The lowest BCUT2D eigenvalue weighted by Gasteiger charge is -2.14. The molecule has 1 aliphatic rings. The monoisotopic (exact) mass is 504 g/mol. The van der Waals surface area contributed by atoms with Crippen LogP contribution in [0.15, 0.2) is 79.1 Å². The number of nitrogens with one attached hydrogen (secondary N) is 1. The minimum absolute atomic E-state index is 0.215. The molecular weight excluding hydrogens is 488 g/mol. The Balaban J connectivity index is 1.55. The van der Waals surface area contributed by atoms with Gasteiger partial charge in [-0.2, -0.15) is 5.10 Å². The molecule has 37 heavy (non-hydrogen) atoms. The Hall–Kier alpha value is -4.82. The van der Waals surface area contributed by atoms with E-state index in [0.29, 0.717) is 44.0 Å². The van der Waals surface area contributed by atoms with Crippen LogP contribution in [0.1, 0.15) is 11.3 Å². The summed E-state index contributed by atoms with van der Waals surface area (Å²) < 4.78 is 1.62. The molecule has 0 aliphatic carbocycles. The van der Waals surface area contributed by atoms with Crippen molar-refractivity contribution in [2.45, 2.75) is 0 Å². The first-order chi connectivity index (χ1) is 18.0. The molecule has 0 radical (unpaired) electrons. The molecule has 178 valence electrons. The molecular formula is C28H17ClN6O2. The highest BCUT2D eigenvalue weighted by atomic mass is 35.5. The average molecular weight is 505 g/mol. The number of nitrogens with zero attached hydrogens (tertiary/aromatic N) is 5. The number of hydrogen-bond donors (Lipinski definition) is 1. The first-order valence-electron chi connectivity index (χ1n) is 11.6. The number of carbonyl (C=O) groups excluding carboxylic acids is 2. The number of H-pyrrole nitrogens is 1. The van der Waals surface area contributed by atoms with E-state index >= 15 is 0 Å². The number of imide groups is 1. The molecule has 8 nitrogen and oxygen atoms in total. The van der Waals surface area contributed by atoms with Crippen molar-refractivity contribution in [1.82, 2.24) is 24.7 Å². The highest BCUT2D eigenvalue weighted by Gasteiger charge is 2.43. The van der Waals surface area contributed by atoms with E-state index < -0.39 is 11.8 Å².